The largest absolute Gasteiger partial charge is 0.394 e. The van der Waals surface area contributed by atoms with Gasteiger partial charge in [0.1, 0.15) is 6.29 Å². The summed E-state index contributed by atoms with van der Waals surface area (Å²) in [5, 5.41) is 2.88. The molecule has 1 N–H and O–H groups in total. The SMILES string of the molecule is C=C/C=C(\C=C)CC(/C=C\NC)=C/C=O. The minimum atomic E-state index is 0.673. The van der Waals surface area contributed by atoms with E-state index in [2.05, 4.69) is 18.5 Å². The molecule has 15 heavy (non-hydrogen) atoms. The van der Waals surface area contributed by atoms with Crippen molar-refractivity contribution in [1.82, 2.24) is 5.32 Å². The number of allylic oxidation sites excluding steroid dienone is 7. The van der Waals surface area contributed by atoms with Crippen LogP contribution in [0.25, 0.3) is 0 Å². The van der Waals surface area contributed by atoms with Gasteiger partial charge < -0.3 is 5.32 Å². The topological polar surface area (TPSA) is 29.1 Å². The molecule has 0 fully saturated rings. The van der Waals surface area contributed by atoms with Gasteiger partial charge in [-0.25, -0.2) is 0 Å². The Hall–Kier alpha value is -1.83. The molecule has 0 spiro atoms. The van der Waals surface area contributed by atoms with Crippen LogP contribution in [-0.2, 0) is 4.79 Å². The van der Waals surface area contributed by atoms with E-state index in [4.69, 9.17) is 0 Å². The zero-order valence-corrected chi connectivity index (χ0v) is 9.07. The van der Waals surface area contributed by atoms with Crippen molar-refractivity contribution >= 4 is 6.29 Å². The van der Waals surface area contributed by atoms with E-state index >= 15 is 0 Å². The molecule has 0 aromatic heterocycles. The zero-order valence-electron chi connectivity index (χ0n) is 9.07. The average molecular weight is 203 g/mol. The Morgan fingerprint density at radius 3 is 2.47 bits per heavy atom. The van der Waals surface area contributed by atoms with Crippen LogP contribution in [-0.4, -0.2) is 13.3 Å². The fraction of sp³-hybridized carbons (Fsp3) is 0.154. The Bertz CT molecular complexity index is 308. The van der Waals surface area contributed by atoms with Crippen molar-refractivity contribution < 1.29 is 4.79 Å². The molecule has 0 saturated heterocycles. The summed E-state index contributed by atoms with van der Waals surface area (Å²) in [5.74, 6) is 0. The quantitative estimate of drug-likeness (QED) is 0.391. The van der Waals surface area contributed by atoms with Crippen molar-refractivity contribution in [3.8, 4) is 0 Å². The normalized spacial score (nSPS) is 12.6. The van der Waals surface area contributed by atoms with Gasteiger partial charge in [0.25, 0.3) is 0 Å². The summed E-state index contributed by atoms with van der Waals surface area (Å²) in [6, 6.07) is 0. The van der Waals surface area contributed by atoms with Crippen LogP contribution in [0.5, 0.6) is 0 Å². The van der Waals surface area contributed by atoms with Gasteiger partial charge in [-0.3, -0.25) is 4.79 Å². The summed E-state index contributed by atoms with van der Waals surface area (Å²) in [6.07, 6.45) is 12.0. The lowest BCUT2D eigenvalue weighted by molar-refractivity contribution is -0.104. The van der Waals surface area contributed by atoms with Crippen LogP contribution in [0.3, 0.4) is 0 Å². The molecule has 0 heterocycles. The second-order valence-corrected chi connectivity index (χ2v) is 2.86. The van der Waals surface area contributed by atoms with E-state index in [1.807, 2.05) is 19.2 Å². The molecule has 0 saturated carbocycles. The van der Waals surface area contributed by atoms with Crippen LogP contribution >= 0.6 is 0 Å². The number of aldehydes is 1. The number of nitrogens with one attached hydrogen (secondary N) is 1. The number of rotatable bonds is 7. The molecule has 0 unspecified atom stereocenters. The molecule has 0 aromatic carbocycles. The summed E-state index contributed by atoms with van der Waals surface area (Å²) in [5.41, 5.74) is 1.95. The second kappa shape index (κ2) is 8.75. The molecule has 0 radical (unpaired) electrons. The van der Waals surface area contributed by atoms with Gasteiger partial charge in [0, 0.05) is 7.05 Å². The third kappa shape index (κ3) is 6.27. The highest BCUT2D eigenvalue weighted by Crippen LogP contribution is 2.12. The Balaban J connectivity index is 4.66. The van der Waals surface area contributed by atoms with E-state index < -0.39 is 0 Å². The first-order valence-electron chi connectivity index (χ1n) is 4.70. The van der Waals surface area contributed by atoms with Crippen molar-refractivity contribution in [3.05, 3.63) is 60.9 Å². The van der Waals surface area contributed by atoms with Crippen LogP contribution in [0.2, 0.25) is 0 Å². The highest BCUT2D eigenvalue weighted by molar-refractivity contribution is 5.67. The van der Waals surface area contributed by atoms with Crippen molar-refractivity contribution in [2.75, 3.05) is 7.05 Å². The molecule has 0 atom stereocenters. The van der Waals surface area contributed by atoms with Gasteiger partial charge in [-0.15, -0.1) is 0 Å². The van der Waals surface area contributed by atoms with Crippen LogP contribution in [0, 0.1) is 0 Å². The summed E-state index contributed by atoms with van der Waals surface area (Å²) >= 11 is 0. The predicted octanol–water partition coefficient (Wildman–Crippen LogP) is 2.53. The smallest absolute Gasteiger partial charge is 0.143 e. The molecule has 0 rings (SSSR count). The van der Waals surface area contributed by atoms with Crippen molar-refractivity contribution in [1.29, 1.82) is 0 Å². The van der Waals surface area contributed by atoms with E-state index in [1.165, 1.54) is 6.08 Å². The van der Waals surface area contributed by atoms with E-state index in [-0.39, 0.29) is 0 Å². The average Bonchev–Trinajstić information content (AvgIpc) is 2.25. The van der Waals surface area contributed by atoms with E-state index in [0.717, 1.165) is 17.4 Å². The molecule has 2 nitrogen and oxygen atoms in total. The molecule has 0 aliphatic rings. The lowest BCUT2D eigenvalue weighted by Crippen LogP contribution is -1.93. The Morgan fingerprint density at radius 2 is 2.00 bits per heavy atom. The fourth-order valence-corrected chi connectivity index (χ4v) is 1.04. The maximum Gasteiger partial charge on any atom is 0.143 e. The fourth-order valence-electron chi connectivity index (χ4n) is 1.04. The standard InChI is InChI=1S/C13H17NO/c1-4-6-12(5-2)11-13(8-10-15)7-9-14-3/h4-10,14H,1-2,11H2,3H3/b9-7-,12-6+,13-8+. The Kier molecular flexibility index (Phi) is 7.69. The van der Waals surface area contributed by atoms with Crippen molar-refractivity contribution in [2.45, 2.75) is 6.42 Å². The molecule has 0 amide bonds. The van der Waals surface area contributed by atoms with E-state index in [1.54, 1.807) is 18.4 Å². The zero-order chi connectivity index (χ0) is 11.5. The van der Waals surface area contributed by atoms with Crippen LogP contribution in [0.1, 0.15) is 6.42 Å². The molecule has 0 aromatic rings. The minimum Gasteiger partial charge on any atom is -0.394 e. The predicted molar refractivity (Wildman–Crippen MR) is 65.4 cm³/mol. The number of carbonyl (C=O) groups excluding carboxylic acids is 1. The van der Waals surface area contributed by atoms with Gasteiger partial charge in [-0.1, -0.05) is 31.4 Å². The second-order valence-electron chi connectivity index (χ2n) is 2.86. The lowest BCUT2D eigenvalue weighted by Gasteiger charge is -2.01. The van der Waals surface area contributed by atoms with E-state index in [0.29, 0.717) is 6.42 Å². The third-order valence-electron chi connectivity index (χ3n) is 1.75. The summed E-state index contributed by atoms with van der Waals surface area (Å²) in [4.78, 5) is 10.4. The van der Waals surface area contributed by atoms with Crippen LogP contribution in [0.15, 0.2) is 60.9 Å². The highest BCUT2D eigenvalue weighted by atomic mass is 16.1. The summed E-state index contributed by atoms with van der Waals surface area (Å²) in [7, 11) is 1.81. The number of hydrogen-bond acceptors (Lipinski definition) is 2. The molecular formula is C13H17NO. The minimum absolute atomic E-state index is 0.673. The van der Waals surface area contributed by atoms with E-state index in [9.17, 15) is 4.79 Å². The maximum atomic E-state index is 10.4. The molecule has 80 valence electrons. The van der Waals surface area contributed by atoms with Gasteiger partial charge in [0.2, 0.25) is 0 Å². The number of carbonyl (C=O) groups is 1. The van der Waals surface area contributed by atoms with Crippen LogP contribution < -0.4 is 5.32 Å². The third-order valence-corrected chi connectivity index (χ3v) is 1.75. The monoisotopic (exact) mass is 203 g/mol. The van der Waals surface area contributed by atoms with Gasteiger partial charge >= 0.3 is 0 Å². The number of hydrogen-bond donors (Lipinski definition) is 1. The first-order chi connectivity index (χ1) is 7.28. The van der Waals surface area contributed by atoms with Crippen molar-refractivity contribution in [2.24, 2.45) is 0 Å². The molecule has 2 heteroatoms. The first-order valence-corrected chi connectivity index (χ1v) is 4.70. The van der Waals surface area contributed by atoms with Gasteiger partial charge in [0.05, 0.1) is 0 Å². The Morgan fingerprint density at radius 1 is 1.27 bits per heavy atom. The maximum absolute atomic E-state index is 10.4. The van der Waals surface area contributed by atoms with Gasteiger partial charge in [0.15, 0.2) is 0 Å². The Labute approximate surface area is 91.4 Å². The van der Waals surface area contributed by atoms with Crippen LogP contribution in [0.4, 0.5) is 0 Å². The van der Waals surface area contributed by atoms with Gasteiger partial charge in [-0.05, 0) is 35.9 Å². The molecule has 0 aliphatic heterocycles. The highest BCUT2D eigenvalue weighted by Gasteiger charge is 1.95. The molecular weight excluding hydrogens is 186 g/mol. The van der Waals surface area contributed by atoms with Gasteiger partial charge in [-0.2, -0.15) is 0 Å². The summed E-state index contributed by atoms with van der Waals surface area (Å²) < 4.78 is 0. The summed E-state index contributed by atoms with van der Waals surface area (Å²) in [6.45, 7) is 7.32. The van der Waals surface area contributed by atoms with Crippen molar-refractivity contribution in [3.63, 3.8) is 0 Å². The lowest BCUT2D eigenvalue weighted by atomic mass is 10.0. The first kappa shape index (κ1) is 13.2. The molecule has 0 aliphatic carbocycles. The molecule has 0 bridgehead atoms.